The summed E-state index contributed by atoms with van der Waals surface area (Å²) in [7, 11) is 0. The Morgan fingerprint density at radius 1 is 1.12 bits per heavy atom. The van der Waals surface area contributed by atoms with Crippen LogP contribution >= 0.6 is 0 Å². The third-order valence-corrected chi connectivity index (χ3v) is 5.89. The van der Waals surface area contributed by atoms with Gasteiger partial charge >= 0.3 is 0 Å². The molecule has 4 nitrogen and oxygen atoms in total. The minimum atomic E-state index is 0.183. The fourth-order valence-corrected chi connectivity index (χ4v) is 4.16. The molecule has 0 aliphatic rings. The van der Waals surface area contributed by atoms with E-state index in [1.54, 1.807) is 12.1 Å². The van der Waals surface area contributed by atoms with Crippen molar-refractivity contribution in [1.82, 2.24) is 4.57 Å². The first-order valence-electron chi connectivity index (χ1n) is 11.5. The molecule has 33 heavy (non-hydrogen) atoms. The predicted molar refractivity (Wildman–Crippen MR) is 142 cm³/mol. The SMILES string of the molecule is C=C(N)c1c(N)n(-c2cc(O)ccc2C)c(=C/C=C(\C)c2ccc(CCC)cc2)/c1=C/CC. The Labute approximate surface area is 196 Å². The second-order valence-corrected chi connectivity index (χ2v) is 8.47. The lowest BCUT2D eigenvalue weighted by Crippen LogP contribution is -2.30. The summed E-state index contributed by atoms with van der Waals surface area (Å²) in [5, 5.41) is 12.0. The van der Waals surface area contributed by atoms with E-state index < -0.39 is 0 Å². The molecule has 0 saturated carbocycles. The fourth-order valence-electron chi connectivity index (χ4n) is 4.16. The number of phenolic OH excluding ortho intramolecular Hbond substituents is 1. The summed E-state index contributed by atoms with van der Waals surface area (Å²) >= 11 is 0. The van der Waals surface area contributed by atoms with E-state index >= 15 is 0 Å². The average Bonchev–Trinajstić information content (AvgIpc) is 3.05. The van der Waals surface area contributed by atoms with Crippen LogP contribution in [0.1, 0.15) is 55.9 Å². The predicted octanol–water partition coefficient (Wildman–Crippen LogP) is 5.03. The molecule has 3 aromatic rings. The van der Waals surface area contributed by atoms with Gasteiger partial charge in [-0.1, -0.05) is 69.3 Å². The second kappa shape index (κ2) is 10.3. The molecule has 1 heterocycles. The summed E-state index contributed by atoms with van der Waals surface area (Å²) in [6.07, 6.45) is 9.35. The maximum absolute atomic E-state index is 10.2. The molecule has 5 N–H and O–H groups in total. The number of allylic oxidation sites excluding steroid dienone is 2. The smallest absolute Gasteiger partial charge is 0.118 e. The van der Waals surface area contributed by atoms with Crippen LogP contribution in [0.3, 0.4) is 0 Å². The van der Waals surface area contributed by atoms with Gasteiger partial charge in [-0.2, -0.15) is 0 Å². The maximum Gasteiger partial charge on any atom is 0.118 e. The maximum atomic E-state index is 10.2. The number of nitrogens with zero attached hydrogens (tertiary/aromatic N) is 1. The number of hydrogen-bond donors (Lipinski definition) is 3. The highest BCUT2D eigenvalue weighted by molar-refractivity contribution is 5.76. The minimum absolute atomic E-state index is 0.183. The summed E-state index contributed by atoms with van der Waals surface area (Å²) in [6, 6.07) is 14.0. The standard InChI is InChI=1S/C29H35N3O/c1-6-8-22-12-14-23(15-13-22)19(3)11-17-26-25(9-7-2)28(21(5)30)29(31)32(26)27-18-24(33)16-10-20(27)4/h9-18,33H,5-8,30-31H2,1-4H3/b19-11+,25-9-,26-17+. The van der Waals surface area contributed by atoms with Crippen LogP contribution in [0.5, 0.6) is 5.75 Å². The van der Waals surface area contributed by atoms with Gasteiger partial charge in [0.25, 0.3) is 0 Å². The van der Waals surface area contributed by atoms with E-state index in [2.05, 4.69) is 69.8 Å². The van der Waals surface area contributed by atoms with Crippen LogP contribution < -0.4 is 22.0 Å². The lowest BCUT2D eigenvalue weighted by molar-refractivity contribution is 0.475. The number of aromatic hydroxyl groups is 1. The highest BCUT2D eigenvalue weighted by Gasteiger charge is 2.16. The zero-order chi connectivity index (χ0) is 24.1. The van der Waals surface area contributed by atoms with Gasteiger partial charge in [-0.15, -0.1) is 0 Å². The molecule has 2 aromatic carbocycles. The molecule has 3 rings (SSSR count). The third-order valence-electron chi connectivity index (χ3n) is 5.89. The van der Waals surface area contributed by atoms with Crippen molar-refractivity contribution in [2.45, 2.75) is 47.0 Å². The minimum Gasteiger partial charge on any atom is -0.508 e. The number of hydrogen-bond acceptors (Lipinski definition) is 3. The molecule has 0 saturated heterocycles. The largest absolute Gasteiger partial charge is 0.508 e. The lowest BCUT2D eigenvalue weighted by atomic mass is 10.0. The number of benzene rings is 2. The molecule has 1 aromatic heterocycles. The molecule has 0 bridgehead atoms. The average molecular weight is 442 g/mol. The first-order valence-corrected chi connectivity index (χ1v) is 11.5. The lowest BCUT2D eigenvalue weighted by Gasteiger charge is -2.12. The van der Waals surface area contributed by atoms with Crippen molar-refractivity contribution in [1.29, 1.82) is 0 Å². The van der Waals surface area contributed by atoms with Crippen molar-refractivity contribution in [2.75, 3.05) is 5.73 Å². The van der Waals surface area contributed by atoms with Crippen LogP contribution in [-0.4, -0.2) is 9.67 Å². The van der Waals surface area contributed by atoms with E-state index in [1.807, 2.05) is 17.6 Å². The summed E-state index contributed by atoms with van der Waals surface area (Å²) in [4.78, 5) is 0. The molecule has 172 valence electrons. The molecule has 4 heteroatoms. The Morgan fingerprint density at radius 2 is 1.82 bits per heavy atom. The number of aryl methyl sites for hydroxylation is 2. The molecule has 0 aliphatic carbocycles. The van der Waals surface area contributed by atoms with E-state index in [4.69, 9.17) is 11.5 Å². The highest BCUT2D eigenvalue weighted by atomic mass is 16.3. The normalized spacial score (nSPS) is 13.0. The van der Waals surface area contributed by atoms with Gasteiger partial charge in [-0.05, 0) is 61.1 Å². The summed E-state index contributed by atoms with van der Waals surface area (Å²) in [5.74, 6) is 0.694. The van der Waals surface area contributed by atoms with Crippen LogP contribution in [0.25, 0.3) is 29.1 Å². The molecule has 0 aliphatic heterocycles. The van der Waals surface area contributed by atoms with E-state index in [0.717, 1.165) is 52.2 Å². The van der Waals surface area contributed by atoms with Crippen LogP contribution in [0, 0.1) is 6.92 Å². The number of nitrogens with two attached hydrogens (primary N) is 2. The van der Waals surface area contributed by atoms with Crippen molar-refractivity contribution in [3.05, 3.63) is 87.9 Å². The number of aromatic nitrogens is 1. The summed E-state index contributed by atoms with van der Waals surface area (Å²) < 4.78 is 1.96. The monoisotopic (exact) mass is 441 g/mol. The van der Waals surface area contributed by atoms with Crippen LogP contribution in [-0.2, 0) is 6.42 Å². The molecular formula is C29H35N3O. The van der Waals surface area contributed by atoms with Crippen LogP contribution in [0.15, 0.2) is 55.1 Å². The first kappa shape index (κ1) is 24.0. The fraction of sp³-hybridized carbons (Fsp3) is 0.241. The Morgan fingerprint density at radius 3 is 2.42 bits per heavy atom. The molecule has 0 atom stereocenters. The van der Waals surface area contributed by atoms with Gasteiger partial charge in [0.05, 0.1) is 11.0 Å². The first-order chi connectivity index (χ1) is 15.8. The molecule has 0 radical (unpaired) electrons. The molecule has 0 fully saturated rings. The van der Waals surface area contributed by atoms with Gasteiger partial charge in [-0.3, -0.25) is 4.57 Å². The Kier molecular flexibility index (Phi) is 7.49. The van der Waals surface area contributed by atoms with Crippen molar-refractivity contribution in [3.8, 4) is 11.4 Å². The Hall–Kier alpha value is -3.66. The number of nitrogen functional groups attached to an aromatic ring is 1. The quantitative estimate of drug-likeness (QED) is 0.481. The Bertz CT molecular complexity index is 1310. The van der Waals surface area contributed by atoms with Crippen molar-refractivity contribution < 1.29 is 5.11 Å². The zero-order valence-corrected chi connectivity index (χ0v) is 20.2. The number of anilines is 1. The van der Waals surface area contributed by atoms with Crippen molar-refractivity contribution in [2.24, 2.45) is 5.73 Å². The number of phenols is 1. The van der Waals surface area contributed by atoms with Crippen molar-refractivity contribution in [3.63, 3.8) is 0 Å². The zero-order valence-electron chi connectivity index (χ0n) is 20.2. The van der Waals surface area contributed by atoms with Crippen LogP contribution in [0.4, 0.5) is 5.82 Å². The second-order valence-electron chi connectivity index (χ2n) is 8.47. The summed E-state index contributed by atoms with van der Waals surface area (Å²) in [5.41, 5.74) is 19.4. The summed E-state index contributed by atoms with van der Waals surface area (Å²) in [6.45, 7) is 12.3. The highest BCUT2D eigenvalue weighted by Crippen LogP contribution is 2.24. The van der Waals surface area contributed by atoms with E-state index in [-0.39, 0.29) is 5.75 Å². The van der Waals surface area contributed by atoms with Crippen molar-refractivity contribution >= 4 is 29.2 Å². The molecule has 0 amide bonds. The topological polar surface area (TPSA) is 77.2 Å². The van der Waals surface area contributed by atoms with E-state index in [9.17, 15) is 5.11 Å². The van der Waals surface area contributed by atoms with E-state index in [0.29, 0.717) is 11.5 Å². The Balaban J connectivity index is 2.29. The molecule has 0 unspecified atom stereocenters. The van der Waals surface area contributed by atoms with Gasteiger partial charge in [0.15, 0.2) is 0 Å². The molecular weight excluding hydrogens is 406 g/mol. The molecule has 0 spiro atoms. The van der Waals surface area contributed by atoms with Crippen LogP contribution in [0.2, 0.25) is 0 Å². The van der Waals surface area contributed by atoms with E-state index in [1.165, 1.54) is 11.1 Å². The van der Waals surface area contributed by atoms with Gasteiger partial charge in [0.2, 0.25) is 0 Å². The van der Waals surface area contributed by atoms with Gasteiger partial charge in [0, 0.05) is 22.5 Å². The number of rotatable bonds is 7. The third kappa shape index (κ3) is 5.06. The van der Waals surface area contributed by atoms with Gasteiger partial charge in [0.1, 0.15) is 11.6 Å². The van der Waals surface area contributed by atoms with Gasteiger partial charge in [-0.25, -0.2) is 0 Å². The van der Waals surface area contributed by atoms with Gasteiger partial charge < -0.3 is 16.6 Å².